The summed E-state index contributed by atoms with van der Waals surface area (Å²) in [5.41, 5.74) is 3.54. The van der Waals surface area contributed by atoms with Crippen LogP contribution in [0, 0.1) is 17.7 Å². The van der Waals surface area contributed by atoms with Gasteiger partial charge in [0.05, 0.1) is 0 Å². The van der Waals surface area contributed by atoms with Crippen LogP contribution < -0.4 is 24.8 Å². The standard InChI is InChI=1S/C13H7F2.C7H12.C5H5.2ClH.Zr/c14-10-3-1-8-5-9-2-4-11(15)7-13(9)12(8)6-10;1-2-4-6-7-5-3-1;1-2-4-5-3-1;;;/h1,3-4,6-7H,5H2;1-6H2;1-5H;2*1H;/q-1;;-1;;;+2/p-2. The molecular formula is C25H24Cl2F2Zr-2. The van der Waals surface area contributed by atoms with Crippen molar-refractivity contribution in [2.75, 3.05) is 0 Å². The van der Waals surface area contributed by atoms with Crippen molar-refractivity contribution in [1.82, 2.24) is 0 Å². The second-order valence-electron chi connectivity index (χ2n) is 7.17. The zero-order valence-corrected chi connectivity index (χ0v) is 20.7. The Kier molecular flexibility index (Phi) is 12.7. The Hall–Kier alpha value is -1.02. The SMILES string of the molecule is Fc1c[c-]c2c(c1)-c1cc(F)ccc1C2.[Cl-].[Cl-].[Zr+2]=[C]1CCCCCC1.c1cc[cH-]c1. The second kappa shape index (κ2) is 14.1. The van der Waals surface area contributed by atoms with E-state index >= 15 is 0 Å². The zero-order chi connectivity index (χ0) is 19.8. The van der Waals surface area contributed by atoms with Gasteiger partial charge in [0.25, 0.3) is 0 Å². The largest absolute Gasteiger partial charge is 0.214 e. The summed E-state index contributed by atoms with van der Waals surface area (Å²) in [6.07, 6.45) is 9.51. The summed E-state index contributed by atoms with van der Waals surface area (Å²) < 4.78 is 27.9. The first-order valence-corrected chi connectivity index (χ1v) is 11.1. The number of fused-ring (bicyclic) bond motifs is 3. The van der Waals surface area contributed by atoms with Gasteiger partial charge in [-0.1, -0.05) is 11.6 Å². The molecule has 0 bridgehead atoms. The van der Waals surface area contributed by atoms with Crippen molar-refractivity contribution in [3.8, 4) is 11.1 Å². The van der Waals surface area contributed by atoms with Crippen LogP contribution in [-0.4, -0.2) is 3.21 Å². The van der Waals surface area contributed by atoms with Crippen molar-refractivity contribution in [2.24, 2.45) is 0 Å². The molecule has 0 spiro atoms. The van der Waals surface area contributed by atoms with E-state index in [0.29, 0.717) is 6.42 Å². The van der Waals surface area contributed by atoms with E-state index in [1.807, 2.05) is 33.5 Å². The predicted molar refractivity (Wildman–Crippen MR) is 108 cm³/mol. The Morgan fingerprint density at radius 3 is 2.07 bits per heavy atom. The molecule has 1 fully saturated rings. The summed E-state index contributed by atoms with van der Waals surface area (Å²) >= 11 is 1.69. The summed E-state index contributed by atoms with van der Waals surface area (Å²) in [6, 6.07) is 20.3. The fourth-order valence-corrected chi connectivity index (χ4v) is 4.38. The monoisotopic (exact) mass is 522 g/mol. The summed E-state index contributed by atoms with van der Waals surface area (Å²) in [5, 5.41) is 0. The van der Waals surface area contributed by atoms with Crippen LogP contribution in [0.4, 0.5) is 8.78 Å². The van der Waals surface area contributed by atoms with Gasteiger partial charge in [0, 0.05) is 5.82 Å². The zero-order valence-electron chi connectivity index (χ0n) is 16.7. The Bertz CT molecular complexity index is 831. The van der Waals surface area contributed by atoms with Gasteiger partial charge in [-0.25, -0.2) is 16.5 Å². The molecule has 2 aliphatic carbocycles. The van der Waals surface area contributed by atoms with E-state index in [1.54, 1.807) is 30.3 Å². The summed E-state index contributed by atoms with van der Waals surface area (Å²) in [6.45, 7) is 0. The maximum atomic E-state index is 13.1. The van der Waals surface area contributed by atoms with E-state index in [1.165, 1.54) is 62.8 Å². The van der Waals surface area contributed by atoms with Crippen LogP contribution in [0.1, 0.15) is 49.7 Å². The number of rotatable bonds is 0. The van der Waals surface area contributed by atoms with E-state index < -0.39 is 0 Å². The van der Waals surface area contributed by atoms with E-state index in [-0.39, 0.29) is 36.4 Å². The second-order valence-corrected chi connectivity index (χ2v) is 8.91. The maximum absolute atomic E-state index is 13.1. The van der Waals surface area contributed by atoms with E-state index in [9.17, 15) is 8.78 Å². The quantitative estimate of drug-likeness (QED) is 0.236. The average Bonchev–Trinajstić information content (AvgIpc) is 3.31. The van der Waals surface area contributed by atoms with Gasteiger partial charge in [-0.05, 0) is 24.1 Å². The minimum absolute atomic E-state index is 0. The van der Waals surface area contributed by atoms with Crippen molar-refractivity contribution in [3.05, 3.63) is 89.5 Å². The first-order valence-electron chi connectivity index (χ1n) is 9.85. The molecular weight excluding hydrogens is 500 g/mol. The third kappa shape index (κ3) is 8.25. The van der Waals surface area contributed by atoms with Crippen LogP contribution >= 0.6 is 0 Å². The first kappa shape index (κ1) is 27.0. The fraction of sp³-hybridized carbons (Fsp3) is 0.280. The van der Waals surface area contributed by atoms with Crippen molar-refractivity contribution in [3.63, 3.8) is 0 Å². The molecule has 0 aliphatic heterocycles. The predicted octanol–water partition coefficient (Wildman–Crippen LogP) is 0.809. The molecule has 0 aromatic heterocycles. The van der Waals surface area contributed by atoms with Gasteiger partial charge in [0.1, 0.15) is 5.82 Å². The Balaban J connectivity index is 0.000000255. The fourth-order valence-electron chi connectivity index (χ4n) is 3.51. The molecule has 0 amide bonds. The summed E-state index contributed by atoms with van der Waals surface area (Å²) in [4.78, 5) is 0. The van der Waals surface area contributed by atoms with Gasteiger partial charge < -0.3 is 24.8 Å². The maximum Gasteiger partial charge on any atom is -0.172 e. The van der Waals surface area contributed by atoms with E-state index in [0.717, 1.165) is 22.3 Å². The molecule has 158 valence electrons. The Morgan fingerprint density at radius 1 is 0.833 bits per heavy atom. The molecule has 0 saturated heterocycles. The summed E-state index contributed by atoms with van der Waals surface area (Å²) in [5.74, 6) is -0.614. The van der Waals surface area contributed by atoms with Gasteiger partial charge in [0.15, 0.2) is 0 Å². The number of halogens is 4. The molecule has 3 aromatic carbocycles. The molecule has 5 rings (SSSR count). The third-order valence-corrected chi connectivity index (χ3v) is 6.21. The molecule has 30 heavy (non-hydrogen) atoms. The molecule has 1 saturated carbocycles. The topological polar surface area (TPSA) is 0 Å². The van der Waals surface area contributed by atoms with E-state index in [2.05, 4.69) is 6.07 Å². The normalized spacial score (nSPS) is 13.7. The average molecular weight is 525 g/mol. The van der Waals surface area contributed by atoms with Gasteiger partial charge >= 0.3 is 66.0 Å². The molecule has 0 radical (unpaired) electrons. The van der Waals surface area contributed by atoms with Crippen LogP contribution in [0.5, 0.6) is 0 Å². The molecule has 0 heterocycles. The molecule has 0 nitrogen and oxygen atoms in total. The molecule has 0 N–H and O–H groups in total. The van der Waals surface area contributed by atoms with Crippen molar-refractivity contribution < 1.29 is 57.8 Å². The Morgan fingerprint density at radius 2 is 1.47 bits per heavy atom. The van der Waals surface area contributed by atoms with E-state index in [4.69, 9.17) is 0 Å². The number of hydrogen-bond donors (Lipinski definition) is 0. The van der Waals surface area contributed by atoms with Gasteiger partial charge in [0.2, 0.25) is 0 Å². The third-order valence-electron chi connectivity index (χ3n) is 4.98. The molecule has 2 aliphatic rings. The first-order chi connectivity index (χ1) is 13.6. The summed E-state index contributed by atoms with van der Waals surface area (Å²) in [7, 11) is 0. The van der Waals surface area contributed by atoms with Crippen LogP contribution in [-0.2, 0) is 30.7 Å². The van der Waals surface area contributed by atoms with Crippen LogP contribution in [0.25, 0.3) is 11.1 Å². The van der Waals surface area contributed by atoms with Crippen molar-refractivity contribution in [2.45, 2.75) is 44.9 Å². The molecule has 0 atom stereocenters. The van der Waals surface area contributed by atoms with Crippen molar-refractivity contribution >= 4 is 3.21 Å². The minimum Gasteiger partial charge on any atom is -0.214 e. The molecule has 5 heteroatoms. The molecule has 3 aromatic rings. The van der Waals surface area contributed by atoms with Crippen LogP contribution in [0.15, 0.2) is 60.7 Å². The van der Waals surface area contributed by atoms with Crippen LogP contribution in [0.2, 0.25) is 0 Å². The van der Waals surface area contributed by atoms with Gasteiger partial charge in [-0.15, -0.1) is 23.3 Å². The van der Waals surface area contributed by atoms with Crippen molar-refractivity contribution in [1.29, 1.82) is 0 Å². The van der Waals surface area contributed by atoms with Gasteiger partial charge in [-0.3, -0.25) is 4.39 Å². The molecule has 0 unspecified atom stereocenters. The number of benzene rings is 2. The van der Waals surface area contributed by atoms with Crippen LogP contribution in [0.3, 0.4) is 0 Å². The number of hydrogen-bond acceptors (Lipinski definition) is 0. The van der Waals surface area contributed by atoms with Gasteiger partial charge in [-0.2, -0.15) is 24.3 Å². The minimum atomic E-state index is -0.328. The smallest absolute Gasteiger partial charge is 0.172 e. The Labute approximate surface area is 205 Å².